The minimum Gasteiger partial charge on any atom is -0.311 e. The Morgan fingerprint density at radius 2 is 2.00 bits per heavy atom. The number of para-hydroxylation sites is 1. The second kappa shape index (κ2) is 7.76. The summed E-state index contributed by atoms with van der Waals surface area (Å²) in [5, 5.41) is 10.5. The van der Waals surface area contributed by atoms with Crippen LogP contribution >= 0.6 is 0 Å². The topological polar surface area (TPSA) is 61.0 Å². The molecule has 5 heteroatoms. The molecule has 1 aliphatic rings. The number of amides is 1. The van der Waals surface area contributed by atoms with E-state index in [-0.39, 0.29) is 5.91 Å². The zero-order valence-corrected chi connectivity index (χ0v) is 15.5. The summed E-state index contributed by atoms with van der Waals surface area (Å²) in [6.45, 7) is 3.77. The lowest BCUT2D eigenvalue weighted by molar-refractivity contribution is -0.117. The lowest BCUT2D eigenvalue weighted by Crippen LogP contribution is -2.41. The zero-order valence-electron chi connectivity index (χ0n) is 15.5. The smallest absolute Gasteiger partial charge is 0.240 e. The number of carbonyl (C=O) groups is 1. The largest absolute Gasteiger partial charge is 0.311 e. The summed E-state index contributed by atoms with van der Waals surface area (Å²) in [6, 6.07) is 16.5. The molecule has 2 aromatic carbocycles. The predicted octanol–water partition coefficient (Wildman–Crippen LogP) is 3.45. The first-order valence-corrected chi connectivity index (χ1v) is 9.40. The fraction of sp³-hybridized carbons (Fsp3) is 0.273. The van der Waals surface area contributed by atoms with Gasteiger partial charge in [0.25, 0.3) is 0 Å². The summed E-state index contributed by atoms with van der Waals surface area (Å²) in [4.78, 5) is 14.6. The molecule has 1 aliphatic heterocycles. The monoisotopic (exact) mass is 360 g/mol. The van der Waals surface area contributed by atoms with Crippen molar-refractivity contribution in [1.29, 1.82) is 0 Å². The van der Waals surface area contributed by atoms with Crippen molar-refractivity contribution >= 4 is 11.6 Å². The van der Waals surface area contributed by atoms with Crippen molar-refractivity contribution in [3.05, 3.63) is 71.4 Å². The first-order valence-electron chi connectivity index (χ1n) is 9.40. The van der Waals surface area contributed by atoms with Crippen molar-refractivity contribution in [2.45, 2.75) is 26.3 Å². The van der Waals surface area contributed by atoms with E-state index in [1.165, 1.54) is 11.1 Å². The Kier molecular flexibility index (Phi) is 5.03. The molecule has 0 bridgehead atoms. The second-order valence-corrected chi connectivity index (χ2v) is 7.02. The molecule has 27 heavy (non-hydrogen) atoms. The van der Waals surface area contributed by atoms with Gasteiger partial charge in [0, 0.05) is 24.3 Å². The fourth-order valence-electron chi connectivity index (χ4n) is 3.61. The number of aromatic nitrogens is 2. The molecule has 4 rings (SSSR count). The minimum absolute atomic E-state index is 0.113. The van der Waals surface area contributed by atoms with Gasteiger partial charge >= 0.3 is 0 Å². The third-order valence-electron chi connectivity index (χ3n) is 5.06. The van der Waals surface area contributed by atoms with Crippen molar-refractivity contribution in [1.82, 2.24) is 15.5 Å². The SMILES string of the molecule is Cc1ccc(-c2[nH]ncc2CNCC(=O)N2CCCc3ccccc32)cc1. The molecule has 1 aromatic heterocycles. The maximum absolute atomic E-state index is 12.7. The maximum atomic E-state index is 12.7. The minimum atomic E-state index is 0.113. The van der Waals surface area contributed by atoms with Gasteiger partial charge in [0.2, 0.25) is 5.91 Å². The highest BCUT2D eigenvalue weighted by Crippen LogP contribution is 2.26. The molecule has 2 heterocycles. The Labute approximate surface area is 159 Å². The molecular formula is C22H24N4O. The number of anilines is 1. The van der Waals surface area contributed by atoms with Gasteiger partial charge in [-0.1, -0.05) is 48.0 Å². The molecule has 2 N–H and O–H groups in total. The summed E-state index contributed by atoms with van der Waals surface area (Å²) in [7, 11) is 0. The van der Waals surface area contributed by atoms with Crippen LogP contribution in [0.4, 0.5) is 5.69 Å². The lowest BCUT2D eigenvalue weighted by Gasteiger charge is -2.29. The predicted molar refractivity (Wildman–Crippen MR) is 108 cm³/mol. The van der Waals surface area contributed by atoms with Crippen LogP contribution in [-0.2, 0) is 17.8 Å². The van der Waals surface area contributed by atoms with Crippen LogP contribution in [0, 0.1) is 6.92 Å². The Bertz CT molecular complexity index is 929. The fourth-order valence-corrected chi connectivity index (χ4v) is 3.61. The Morgan fingerprint density at radius 1 is 1.19 bits per heavy atom. The van der Waals surface area contributed by atoms with E-state index in [0.29, 0.717) is 13.1 Å². The average molecular weight is 360 g/mol. The number of H-pyrrole nitrogens is 1. The molecule has 0 fully saturated rings. The molecule has 5 nitrogen and oxygen atoms in total. The van der Waals surface area contributed by atoms with E-state index in [9.17, 15) is 4.79 Å². The number of rotatable bonds is 5. The van der Waals surface area contributed by atoms with Crippen LogP contribution < -0.4 is 10.2 Å². The van der Waals surface area contributed by atoms with E-state index < -0.39 is 0 Å². The number of aryl methyl sites for hydroxylation is 2. The molecule has 0 saturated heterocycles. The molecule has 3 aromatic rings. The maximum Gasteiger partial charge on any atom is 0.240 e. The van der Waals surface area contributed by atoms with Gasteiger partial charge in [-0.25, -0.2) is 0 Å². The molecule has 1 amide bonds. The number of nitrogens with one attached hydrogen (secondary N) is 2. The van der Waals surface area contributed by atoms with Crippen LogP contribution in [0.25, 0.3) is 11.3 Å². The van der Waals surface area contributed by atoms with Gasteiger partial charge < -0.3 is 10.2 Å². The third-order valence-corrected chi connectivity index (χ3v) is 5.06. The van der Waals surface area contributed by atoms with Crippen LogP contribution in [0.1, 0.15) is 23.1 Å². The van der Waals surface area contributed by atoms with Crippen LogP contribution in [-0.4, -0.2) is 29.2 Å². The van der Waals surface area contributed by atoms with Gasteiger partial charge in [0.05, 0.1) is 18.4 Å². The highest BCUT2D eigenvalue weighted by Gasteiger charge is 2.21. The highest BCUT2D eigenvalue weighted by atomic mass is 16.2. The number of aromatic amines is 1. The zero-order chi connectivity index (χ0) is 18.6. The third kappa shape index (κ3) is 3.78. The molecular weight excluding hydrogens is 336 g/mol. The Balaban J connectivity index is 1.39. The van der Waals surface area contributed by atoms with Gasteiger partial charge in [0.1, 0.15) is 0 Å². The number of fused-ring (bicyclic) bond motifs is 1. The van der Waals surface area contributed by atoms with Crippen LogP contribution in [0.3, 0.4) is 0 Å². The standard InChI is InChI=1S/C22H24N4O/c1-16-8-10-18(11-9-16)22-19(14-24-25-22)13-23-15-21(27)26-12-4-6-17-5-2-3-7-20(17)26/h2-3,5,7-11,14,23H,4,6,12-13,15H2,1H3,(H,24,25). The van der Waals surface area contributed by atoms with Gasteiger partial charge in [0.15, 0.2) is 0 Å². The summed E-state index contributed by atoms with van der Waals surface area (Å²) < 4.78 is 0. The van der Waals surface area contributed by atoms with Crippen LogP contribution in [0.15, 0.2) is 54.7 Å². The van der Waals surface area contributed by atoms with E-state index in [1.54, 1.807) is 0 Å². The van der Waals surface area contributed by atoms with E-state index in [1.807, 2.05) is 29.3 Å². The molecule has 0 aliphatic carbocycles. The number of benzene rings is 2. The van der Waals surface area contributed by atoms with E-state index in [2.05, 4.69) is 52.8 Å². The molecule has 0 atom stereocenters. The van der Waals surface area contributed by atoms with Crippen LogP contribution in [0.5, 0.6) is 0 Å². The Hall–Kier alpha value is -2.92. The van der Waals surface area contributed by atoms with Crippen molar-refractivity contribution in [3.63, 3.8) is 0 Å². The van der Waals surface area contributed by atoms with E-state index in [4.69, 9.17) is 0 Å². The van der Waals surface area contributed by atoms with Crippen molar-refractivity contribution in [2.75, 3.05) is 18.0 Å². The molecule has 138 valence electrons. The summed E-state index contributed by atoms with van der Waals surface area (Å²) in [6.07, 6.45) is 3.88. The van der Waals surface area contributed by atoms with Crippen LogP contribution in [0.2, 0.25) is 0 Å². The number of hydrogen-bond acceptors (Lipinski definition) is 3. The molecule has 0 spiro atoms. The Morgan fingerprint density at radius 3 is 2.85 bits per heavy atom. The van der Waals surface area contributed by atoms with E-state index in [0.717, 1.165) is 41.9 Å². The van der Waals surface area contributed by atoms with Crippen molar-refractivity contribution < 1.29 is 4.79 Å². The number of carbonyl (C=O) groups excluding carboxylic acids is 1. The normalized spacial score (nSPS) is 13.4. The van der Waals surface area contributed by atoms with Gasteiger partial charge in [-0.05, 0) is 37.0 Å². The average Bonchev–Trinajstić information content (AvgIpc) is 3.16. The first-order chi connectivity index (χ1) is 13.2. The van der Waals surface area contributed by atoms with Crippen molar-refractivity contribution in [2.24, 2.45) is 0 Å². The lowest BCUT2D eigenvalue weighted by atomic mass is 10.0. The van der Waals surface area contributed by atoms with Gasteiger partial charge in [-0.15, -0.1) is 0 Å². The molecule has 0 unspecified atom stereocenters. The number of hydrogen-bond donors (Lipinski definition) is 2. The van der Waals surface area contributed by atoms with Crippen molar-refractivity contribution in [3.8, 4) is 11.3 Å². The summed E-state index contributed by atoms with van der Waals surface area (Å²) >= 11 is 0. The summed E-state index contributed by atoms with van der Waals surface area (Å²) in [5.74, 6) is 0.113. The highest BCUT2D eigenvalue weighted by molar-refractivity contribution is 5.95. The quantitative estimate of drug-likeness (QED) is 0.733. The molecule has 0 saturated carbocycles. The van der Waals surface area contributed by atoms with E-state index >= 15 is 0 Å². The summed E-state index contributed by atoms with van der Waals surface area (Å²) in [5.41, 5.74) is 6.70. The van der Waals surface area contributed by atoms with Gasteiger partial charge in [-0.3, -0.25) is 9.89 Å². The second-order valence-electron chi connectivity index (χ2n) is 7.02. The van der Waals surface area contributed by atoms with Gasteiger partial charge in [-0.2, -0.15) is 5.10 Å². The number of nitrogens with zero attached hydrogens (tertiary/aromatic N) is 2. The first kappa shape index (κ1) is 17.5. The molecule has 0 radical (unpaired) electrons.